The number of piperazine rings is 1. The van der Waals surface area contributed by atoms with Crippen LogP contribution in [-0.2, 0) is 60.2 Å². The Balaban J connectivity index is 0.699. The summed E-state index contributed by atoms with van der Waals surface area (Å²) in [4.78, 5) is 59.5. The van der Waals surface area contributed by atoms with Gasteiger partial charge in [0.15, 0.2) is 0 Å². The van der Waals surface area contributed by atoms with Crippen LogP contribution in [-0.4, -0.2) is 108 Å². The molecule has 0 aliphatic carbocycles. The Hall–Kier alpha value is -6.63. The van der Waals surface area contributed by atoms with E-state index in [0.717, 1.165) is 84.7 Å². The normalized spacial score (nSPS) is 19.6. The smallest absolute Gasteiger partial charge is 0.376 e. The molecular weight excluding hydrogens is 878 g/mol. The average molecular weight is 931 g/mol. The summed E-state index contributed by atoms with van der Waals surface area (Å²) in [5, 5.41) is 10.4. The third-order valence-corrected chi connectivity index (χ3v) is 13.8. The number of halogens is 3. The molecule has 3 fully saturated rings. The van der Waals surface area contributed by atoms with E-state index in [0.29, 0.717) is 56.0 Å². The van der Waals surface area contributed by atoms with E-state index >= 15 is 0 Å². The number of aryl methyl sites for hydroxylation is 1. The number of anilines is 1. The van der Waals surface area contributed by atoms with Crippen LogP contribution < -0.4 is 15.9 Å². The number of amides is 3. The van der Waals surface area contributed by atoms with Crippen molar-refractivity contribution in [3.05, 3.63) is 147 Å². The number of hydrogen-bond donors (Lipinski definition) is 1. The lowest BCUT2D eigenvalue weighted by Gasteiger charge is -2.36. The summed E-state index contributed by atoms with van der Waals surface area (Å²) in [5.74, 6) is 0.0677. The molecule has 68 heavy (non-hydrogen) atoms. The fourth-order valence-electron chi connectivity index (χ4n) is 10.2. The Morgan fingerprint density at radius 3 is 2.37 bits per heavy atom. The third kappa shape index (κ3) is 9.57. The van der Waals surface area contributed by atoms with Crippen molar-refractivity contribution in [2.24, 2.45) is 13.0 Å². The van der Waals surface area contributed by atoms with E-state index in [-0.39, 0.29) is 36.2 Å². The Bertz CT molecular complexity index is 2920. The minimum Gasteiger partial charge on any atom is -0.376 e. The maximum Gasteiger partial charge on any atom is 0.418 e. The van der Waals surface area contributed by atoms with Crippen LogP contribution in [0.15, 0.2) is 96.3 Å². The summed E-state index contributed by atoms with van der Waals surface area (Å²) < 4.78 is 54.1. The van der Waals surface area contributed by atoms with Gasteiger partial charge in [0.25, 0.3) is 5.91 Å². The molecule has 0 bridgehead atoms. The van der Waals surface area contributed by atoms with Crippen LogP contribution >= 0.6 is 0 Å². The molecule has 0 unspecified atom stereocenters. The molecule has 1 N–H and O–H groups in total. The van der Waals surface area contributed by atoms with Crippen LogP contribution in [0.25, 0.3) is 11.2 Å². The number of carbonyl (C=O) groups is 3. The molecule has 4 aliphatic rings. The Morgan fingerprint density at radius 1 is 0.809 bits per heavy atom. The molecule has 10 rings (SSSR count). The van der Waals surface area contributed by atoms with Gasteiger partial charge < -0.3 is 19.1 Å². The van der Waals surface area contributed by atoms with Crippen LogP contribution in [0.2, 0.25) is 0 Å². The minimum absolute atomic E-state index is 0.166. The van der Waals surface area contributed by atoms with Crippen molar-refractivity contribution in [3.8, 4) is 5.69 Å². The number of nitrogens with zero attached hydrogens (tertiary/aromatic N) is 9. The molecule has 0 saturated carbocycles. The first-order valence-electron chi connectivity index (χ1n) is 23.2. The summed E-state index contributed by atoms with van der Waals surface area (Å²) in [6.07, 6.45) is 2.62. The molecule has 18 heteroatoms. The van der Waals surface area contributed by atoms with Gasteiger partial charge in [0.05, 0.1) is 30.0 Å². The Morgan fingerprint density at radius 2 is 1.60 bits per heavy atom. The van der Waals surface area contributed by atoms with Crippen molar-refractivity contribution in [1.29, 1.82) is 0 Å². The molecule has 3 aromatic heterocycles. The lowest BCUT2D eigenvalue weighted by Crippen LogP contribution is -2.52. The van der Waals surface area contributed by atoms with Gasteiger partial charge in [0, 0.05) is 95.9 Å². The molecule has 7 heterocycles. The van der Waals surface area contributed by atoms with Crippen LogP contribution in [0, 0.1) is 5.92 Å². The van der Waals surface area contributed by atoms with Gasteiger partial charge in [-0.25, -0.2) is 4.79 Å². The van der Waals surface area contributed by atoms with E-state index in [1.54, 1.807) is 40.2 Å². The second-order valence-corrected chi connectivity index (χ2v) is 18.6. The maximum atomic E-state index is 14.6. The highest BCUT2D eigenvalue weighted by atomic mass is 19.4. The summed E-state index contributed by atoms with van der Waals surface area (Å²) in [5.41, 5.74) is 4.97. The fourth-order valence-corrected chi connectivity index (χ4v) is 10.2. The van der Waals surface area contributed by atoms with Crippen molar-refractivity contribution in [2.45, 2.75) is 70.6 Å². The van der Waals surface area contributed by atoms with Crippen LogP contribution in [0.1, 0.15) is 75.2 Å². The van der Waals surface area contributed by atoms with Crippen LogP contribution in [0.5, 0.6) is 0 Å². The summed E-state index contributed by atoms with van der Waals surface area (Å²) in [6.45, 7) is 7.32. The zero-order valence-corrected chi connectivity index (χ0v) is 37.8. The number of nitrogens with one attached hydrogen (secondary N) is 1. The van der Waals surface area contributed by atoms with Gasteiger partial charge in [-0.15, -0.1) is 10.2 Å². The Kier molecular flexibility index (Phi) is 12.5. The Labute approximate surface area is 390 Å². The monoisotopic (exact) mass is 930 g/mol. The number of carbonyl (C=O) groups excluding carboxylic acids is 3. The van der Waals surface area contributed by atoms with E-state index in [2.05, 4.69) is 60.5 Å². The summed E-state index contributed by atoms with van der Waals surface area (Å²) in [6, 6.07) is 22.1. The zero-order chi connectivity index (χ0) is 47.1. The summed E-state index contributed by atoms with van der Waals surface area (Å²) >= 11 is 0. The number of alkyl halides is 3. The first-order valence-corrected chi connectivity index (χ1v) is 23.2. The predicted molar refractivity (Wildman–Crippen MR) is 246 cm³/mol. The number of aromatic nitrogens is 5. The average Bonchev–Trinajstić information content (AvgIpc) is 3.99. The lowest BCUT2D eigenvalue weighted by atomic mass is 9.98. The van der Waals surface area contributed by atoms with Crippen molar-refractivity contribution in [1.82, 2.24) is 43.7 Å². The minimum atomic E-state index is -4.66. The van der Waals surface area contributed by atoms with Gasteiger partial charge in [-0.2, -0.15) is 13.2 Å². The van der Waals surface area contributed by atoms with Crippen molar-refractivity contribution in [3.63, 3.8) is 0 Å². The van der Waals surface area contributed by atoms with E-state index in [9.17, 15) is 32.3 Å². The number of fused-ring (bicyclic) bond motifs is 2. The molecule has 15 nitrogen and oxygen atoms in total. The third-order valence-electron chi connectivity index (χ3n) is 13.8. The number of imide groups is 1. The first kappa shape index (κ1) is 45.2. The van der Waals surface area contributed by atoms with E-state index < -0.39 is 29.4 Å². The SMILES string of the molecule is Cn1cnnc1Cc1cccc(-n2cc3c(C(F)(F)F)cc(CN4CCC[C@H](COCc5ccc(CN6CCN(c7ccc8c(c7)CN([C@@H]7CCC(=O)NC7=O)C8=O)CC6)cc5)C4)cn3c2=O)c1. The fraction of sp³-hybridized carbons (Fsp3) is 0.400. The van der Waals surface area contributed by atoms with Gasteiger partial charge in [0.2, 0.25) is 11.8 Å². The van der Waals surface area contributed by atoms with E-state index in [1.807, 2.05) is 25.2 Å². The second kappa shape index (κ2) is 18.8. The highest BCUT2D eigenvalue weighted by Crippen LogP contribution is 2.35. The first-order chi connectivity index (χ1) is 32.8. The molecule has 0 spiro atoms. The number of imidazole rings is 1. The summed E-state index contributed by atoms with van der Waals surface area (Å²) in [7, 11) is 1.83. The van der Waals surface area contributed by atoms with Crippen molar-refractivity contribution >= 4 is 28.9 Å². The number of piperidine rings is 2. The van der Waals surface area contributed by atoms with Gasteiger partial charge in [-0.05, 0) is 95.9 Å². The molecule has 3 saturated heterocycles. The maximum absolute atomic E-state index is 14.6. The number of likely N-dealkylation sites (tertiary alicyclic amines) is 1. The standard InChI is InChI=1S/C50H53F3N10O5/c1-57-32-54-56-45(57)22-35-4-2-6-40(20-35)61-29-44-42(50(51,52)53)21-37(27-63(44)49(61)67)26-59-15-3-5-36(25-59)31-68-30-34-9-7-33(8-10-34)24-58-16-18-60(19-17-58)39-11-12-41-38(23-39)28-62(48(41)66)43-13-14-46(64)55-47(43)65/h2,4,6-12,20-21,23,27,29,32,36,43H,3,5,13-19,22,24-26,28,30-31H2,1H3,(H,55,64,65)/t36-,43+/m0/s1. The largest absolute Gasteiger partial charge is 0.418 e. The molecule has 4 aliphatic heterocycles. The molecule has 354 valence electrons. The van der Waals surface area contributed by atoms with Crippen molar-refractivity contribution < 1.29 is 32.3 Å². The number of benzene rings is 3. The number of ether oxygens (including phenoxy) is 1. The number of hydrogen-bond acceptors (Lipinski definition) is 10. The van der Waals surface area contributed by atoms with Crippen molar-refractivity contribution in [2.75, 3.05) is 50.8 Å². The number of rotatable bonds is 13. The van der Waals surface area contributed by atoms with Gasteiger partial charge in [-0.3, -0.25) is 38.5 Å². The van der Waals surface area contributed by atoms with Crippen LogP contribution in [0.3, 0.4) is 0 Å². The quantitative estimate of drug-likeness (QED) is 0.151. The predicted octanol–water partition coefficient (Wildman–Crippen LogP) is 5.34. The molecule has 0 radical (unpaired) electrons. The van der Waals surface area contributed by atoms with Gasteiger partial charge in [0.1, 0.15) is 18.2 Å². The molecular formula is C50H53F3N10O5. The molecule has 3 aromatic carbocycles. The van der Waals surface area contributed by atoms with E-state index in [4.69, 9.17) is 4.74 Å². The lowest BCUT2D eigenvalue weighted by molar-refractivity contribution is -0.137. The topological polar surface area (TPSA) is 143 Å². The van der Waals surface area contributed by atoms with Gasteiger partial charge in [-0.1, -0.05) is 36.4 Å². The number of pyridine rings is 1. The molecule has 6 aromatic rings. The molecule has 3 amide bonds. The molecule has 2 atom stereocenters. The second-order valence-electron chi connectivity index (χ2n) is 18.6. The van der Waals surface area contributed by atoms with Crippen LogP contribution in [0.4, 0.5) is 18.9 Å². The zero-order valence-electron chi connectivity index (χ0n) is 37.8. The highest BCUT2D eigenvalue weighted by Gasteiger charge is 2.39. The van der Waals surface area contributed by atoms with E-state index in [1.165, 1.54) is 22.4 Å². The highest BCUT2D eigenvalue weighted by molar-refractivity contribution is 6.05. The van der Waals surface area contributed by atoms with Gasteiger partial charge >= 0.3 is 11.9 Å².